The molecule has 2 rings (SSSR count). The van der Waals surface area contributed by atoms with Crippen LogP contribution < -0.4 is 16.0 Å². The summed E-state index contributed by atoms with van der Waals surface area (Å²) in [5.74, 6) is -0.683. The number of halogens is 1. The first-order chi connectivity index (χ1) is 13.2. The second-order valence-electron chi connectivity index (χ2n) is 6.50. The normalized spacial score (nSPS) is 11.8. The third-order valence-corrected chi connectivity index (χ3v) is 5.30. The highest BCUT2D eigenvalue weighted by atomic mass is 79.9. The van der Waals surface area contributed by atoms with Crippen molar-refractivity contribution in [1.29, 1.82) is 0 Å². The van der Waals surface area contributed by atoms with Gasteiger partial charge in [-0.1, -0.05) is 12.1 Å². The van der Waals surface area contributed by atoms with E-state index in [1.807, 2.05) is 26.2 Å². The number of amides is 3. The molecule has 0 bridgehead atoms. The molecule has 3 amide bonds. The van der Waals surface area contributed by atoms with Crippen LogP contribution in [0.5, 0.6) is 0 Å². The predicted molar refractivity (Wildman–Crippen MR) is 114 cm³/mol. The zero-order valence-corrected chi connectivity index (χ0v) is 18.3. The van der Waals surface area contributed by atoms with Crippen molar-refractivity contribution in [1.82, 2.24) is 15.5 Å². The molecule has 1 heterocycles. The molecule has 7 nitrogen and oxygen atoms in total. The number of thiophene rings is 1. The standard InChI is InChI=1S/C19H23BrN4O3S/c1-12(22-19(27)15-7-8-16(20)28-15)18(26)21-10-13-5-4-6-14(9-13)23-17(25)11-24(2)3/h4-9,12H,10-11H2,1-3H3,(H,21,26)(H,22,27)(H,23,25). The number of rotatable bonds is 8. The molecule has 1 unspecified atom stereocenters. The molecular formula is C19H23BrN4O3S. The van der Waals surface area contributed by atoms with Gasteiger partial charge in [-0.05, 0) is 66.8 Å². The minimum absolute atomic E-state index is 0.109. The van der Waals surface area contributed by atoms with E-state index in [1.54, 1.807) is 36.1 Å². The van der Waals surface area contributed by atoms with Crippen molar-refractivity contribution in [2.45, 2.75) is 19.5 Å². The average molecular weight is 467 g/mol. The van der Waals surface area contributed by atoms with E-state index in [1.165, 1.54) is 11.3 Å². The first-order valence-electron chi connectivity index (χ1n) is 8.62. The van der Waals surface area contributed by atoms with Gasteiger partial charge in [-0.25, -0.2) is 0 Å². The molecule has 1 aromatic heterocycles. The number of anilines is 1. The lowest BCUT2D eigenvalue weighted by atomic mass is 10.2. The number of likely N-dealkylation sites (N-methyl/N-ethyl adjacent to an activating group) is 1. The van der Waals surface area contributed by atoms with Gasteiger partial charge in [-0.3, -0.25) is 14.4 Å². The average Bonchev–Trinajstić information content (AvgIpc) is 3.05. The van der Waals surface area contributed by atoms with Crippen LogP contribution in [0.1, 0.15) is 22.2 Å². The molecule has 0 aliphatic carbocycles. The van der Waals surface area contributed by atoms with Gasteiger partial charge in [-0.15, -0.1) is 11.3 Å². The molecule has 150 valence electrons. The Bertz CT molecular complexity index is 853. The van der Waals surface area contributed by atoms with Crippen molar-refractivity contribution in [3.05, 3.63) is 50.6 Å². The number of carbonyl (C=O) groups excluding carboxylic acids is 3. The number of nitrogens with one attached hydrogen (secondary N) is 3. The quantitative estimate of drug-likeness (QED) is 0.557. The summed E-state index contributed by atoms with van der Waals surface area (Å²) < 4.78 is 0.854. The molecule has 3 N–H and O–H groups in total. The highest BCUT2D eigenvalue weighted by Crippen LogP contribution is 2.21. The van der Waals surface area contributed by atoms with Crippen LogP contribution in [0.2, 0.25) is 0 Å². The van der Waals surface area contributed by atoms with E-state index in [0.717, 1.165) is 9.35 Å². The van der Waals surface area contributed by atoms with Crippen LogP contribution in [0.4, 0.5) is 5.69 Å². The summed E-state index contributed by atoms with van der Waals surface area (Å²) in [5.41, 5.74) is 1.51. The topological polar surface area (TPSA) is 90.5 Å². The van der Waals surface area contributed by atoms with Gasteiger partial charge in [0.1, 0.15) is 6.04 Å². The SMILES string of the molecule is CC(NC(=O)c1ccc(Br)s1)C(=O)NCc1cccc(NC(=O)CN(C)C)c1. The Balaban J connectivity index is 1.85. The predicted octanol–water partition coefficient (Wildman–Crippen LogP) is 2.45. The van der Waals surface area contributed by atoms with E-state index in [9.17, 15) is 14.4 Å². The van der Waals surface area contributed by atoms with E-state index in [2.05, 4.69) is 31.9 Å². The molecule has 9 heteroatoms. The maximum absolute atomic E-state index is 12.3. The molecule has 1 aromatic carbocycles. The first kappa shape index (κ1) is 22.1. The summed E-state index contributed by atoms with van der Waals surface area (Å²) in [6.45, 7) is 2.22. The monoisotopic (exact) mass is 466 g/mol. The molecule has 2 aromatic rings. The fourth-order valence-corrected chi connectivity index (χ4v) is 3.65. The lowest BCUT2D eigenvalue weighted by molar-refractivity contribution is -0.122. The first-order valence-corrected chi connectivity index (χ1v) is 10.2. The molecular weight excluding hydrogens is 444 g/mol. The van der Waals surface area contributed by atoms with Crippen molar-refractivity contribution < 1.29 is 14.4 Å². The second-order valence-corrected chi connectivity index (χ2v) is 8.97. The molecule has 1 atom stereocenters. The Hall–Kier alpha value is -2.23. The largest absolute Gasteiger partial charge is 0.350 e. The van der Waals surface area contributed by atoms with Crippen molar-refractivity contribution in [2.75, 3.05) is 26.0 Å². The molecule has 0 fully saturated rings. The number of hydrogen-bond donors (Lipinski definition) is 3. The van der Waals surface area contributed by atoms with E-state index in [-0.39, 0.29) is 17.7 Å². The Morgan fingerprint density at radius 3 is 2.57 bits per heavy atom. The number of hydrogen-bond acceptors (Lipinski definition) is 5. The van der Waals surface area contributed by atoms with Crippen LogP contribution in [0, 0.1) is 0 Å². The lowest BCUT2D eigenvalue weighted by Crippen LogP contribution is -2.44. The van der Waals surface area contributed by atoms with Gasteiger partial charge in [-0.2, -0.15) is 0 Å². The van der Waals surface area contributed by atoms with Crippen LogP contribution in [0.15, 0.2) is 40.2 Å². The third kappa shape index (κ3) is 7.06. The summed E-state index contributed by atoms with van der Waals surface area (Å²) in [7, 11) is 3.64. The van der Waals surface area contributed by atoms with Crippen LogP contribution in [-0.2, 0) is 16.1 Å². The third-order valence-electron chi connectivity index (χ3n) is 3.68. The van der Waals surface area contributed by atoms with E-state index in [0.29, 0.717) is 23.7 Å². The van der Waals surface area contributed by atoms with Gasteiger partial charge < -0.3 is 20.9 Å². The second kappa shape index (κ2) is 10.4. The maximum atomic E-state index is 12.3. The summed E-state index contributed by atoms with van der Waals surface area (Å²) >= 11 is 4.61. The maximum Gasteiger partial charge on any atom is 0.262 e. The summed E-state index contributed by atoms with van der Waals surface area (Å²) in [6.07, 6.45) is 0. The van der Waals surface area contributed by atoms with Crippen molar-refractivity contribution in [3.8, 4) is 0 Å². The highest BCUT2D eigenvalue weighted by molar-refractivity contribution is 9.11. The number of nitrogens with zero attached hydrogens (tertiary/aromatic N) is 1. The Morgan fingerprint density at radius 1 is 1.18 bits per heavy atom. The van der Waals surface area contributed by atoms with Gasteiger partial charge in [0.2, 0.25) is 11.8 Å². The Morgan fingerprint density at radius 2 is 1.93 bits per heavy atom. The summed E-state index contributed by atoms with van der Waals surface area (Å²) in [5, 5.41) is 8.29. The van der Waals surface area contributed by atoms with Gasteiger partial charge >= 0.3 is 0 Å². The fourth-order valence-electron chi connectivity index (χ4n) is 2.36. The molecule has 0 spiro atoms. The van der Waals surface area contributed by atoms with E-state index >= 15 is 0 Å². The van der Waals surface area contributed by atoms with Crippen molar-refractivity contribution >= 4 is 50.7 Å². The fraction of sp³-hybridized carbons (Fsp3) is 0.316. The molecule has 0 saturated carbocycles. The van der Waals surface area contributed by atoms with Crippen LogP contribution in [-0.4, -0.2) is 49.3 Å². The van der Waals surface area contributed by atoms with Gasteiger partial charge in [0.15, 0.2) is 0 Å². The zero-order chi connectivity index (χ0) is 20.7. The molecule has 28 heavy (non-hydrogen) atoms. The van der Waals surface area contributed by atoms with E-state index < -0.39 is 6.04 Å². The Kier molecular flexibility index (Phi) is 8.16. The molecule has 0 aliphatic heterocycles. The highest BCUT2D eigenvalue weighted by Gasteiger charge is 2.17. The number of benzene rings is 1. The zero-order valence-electron chi connectivity index (χ0n) is 15.9. The van der Waals surface area contributed by atoms with Crippen LogP contribution in [0.25, 0.3) is 0 Å². The molecule has 0 saturated heterocycles. The lowest BCUT2D eigenvalue weighted by Gasteiger charge is -2.14. The van der Waals surface area contributed by atoms with E-state index in [4.69, 9.17) is 0 Å². The summed E-state index contributed by atoms with van der Waals surface area (Å²) in [6, 6.07) is 10.1. The van der Waals surface area contributed by atoms with Crippen LogP contribution in [0.3, 0.4) is 0 Å². The minimum atomic E-state index is -0.670. The van der Waals surface area contributed by atoms with Gasteiger partial charge in [0.25, 0.3) is 5.91 Å². The van der Waals surface area contributed by atoms with Crippen molar-refractivity contribution in [3.63, 3.8) is 0 Å². The molecule has 0 aliphatic rings. The van der Waals surface area contributed by atoms with Crippen molar-refractivity contribution in [2.24, 2.45) is 0 Å². The van der Waals surface area contributed by atoms with Gasteiger partial charge in [0.05, 0.1) is 15.2 Å². The van der Waals surface area contributed by atoms with Crippen LogP contribution >= 0.6 is 27.3 Å². The smallest absolute Gasteiger partial charge is 0.262 e. The number of carbonyl (C=O) groups is 3. The Labute approximate surface area is 176 Å². The van der Waals surface area contributed by atoms with Gasteiger partial charge in [0, 0.05) is 12.2 Å². The molecule has 0 radical (unpaired) electrons. The summed E-state index contributed by atoms with van der Waals surface area (Å²) in [4.78, 5) is 38.6. The minimum Gasteiger partial charge on any atom is -0.350 e.